The second-order valence-corrected chi connectivity index (χ2v) is 8.11. The highest BCUT2D eigenvalue weighted by atomic mass is 32.2. The van der Waals surface area contributed by atoms with Crippen molar-refractivity contribution in [1.29, 1.82) is 0 Å². The summed E-state index contributed by atoms with van der Waals surface area (Å²) in [6.07, 6.45) is 0.522. The first-order valence-corrected chi connectivity index (χ1v) is 10.1. The molecule has 0 saturated carbocycles. The molecule has 8 heteroatoms. The highest BCUT2D eigenvalue weighted by Crippen LogP contribution is 2.22. The van der Waals surface area contributed by atoms with Crippen LogP contribution in [0.2, 0.25) is 0 Å². The Morgan fingerprint density at radius 2 is 1.85 bits per heavy atom. The van der Waals surface area contributed by atoms with Gasteiger partial charge in [-0.25, -0.2) is 13.2 Å². The summed E-state index contributed by atoms with van der Waals surface area (Å²) in [5.41, 5.74) is 0.712. The van der Waals surface area contributed by atoms with Crippen LogP contribution in [0.1, 0.15) is 29.3 Å². The molecule has 0 bridgehead atoms. The number of carboxylic acids is 1. The minimum Gasteiger partial charge on any atom is -0.480 e. The Hall–Kier alpha value is -2.87. The fraction of sp³-hybridized carbons (Fsp3) is 0.263. The van der Waals surface area contributed by atoms with E-state index in [1.807, 2.05) is 19.1 Å². The number of benzene rings is 2. The zero-order valence-corrected chi connectivity index (χ0v) is 16.0. The third kappa shape index (κ3) is 5.30. The van der Waals surface area contributed by atoms with Crippen LogP contribution < -0.4 is 10.1 Å². The highest BCUT2D eigenvalue weighted by Gasteiger charge is 2.21. The molecular weight excluding hydrogens is 370 g/mol. The number of para-hydroxylation sites is 1. The van der Waals surface area contributed by atoms with E-state index >= 15 is 0 Å². The van der Waals surface area contributed by atoms with Crippen LogP contribution in [0.4, 0.5) is 5.69 Å². The zero-order chi connectivity index (χ0) is 20.2. The summed E-state index contributed by atoms with van der Waals surface area (Å²) in [4.78, 5) is 23.6. The van der Waals surface area contributed by atoms with Gasteiger partial charge < -0.3 is 15.2 Å². The molecule has 2 rings (SSSR count). The molecule has 0 spiro atoms. The molecule has 2 aromatic rings. The van der Waals surface area contributed by atoms with Gasteiger partial charge in [0.15, 0.2) is 15.9 Å². The summed E-state index contributed by atoms with van der Waals surface area (Å²) >= 11 is 0. The average molecular weight is 391 g/mol. The van der Waals surface area contributed by atoms with E-state index in [4.69, 9.17) is 4.74 Å². The maximum absolute atomic E-state index is 12.6. The van der Waals surface area contributed by atoms with Gasteiger partial charge in [-0.2, -0.15) is 0 Å². The molecule has 2 N–H and O–H groups in total. The summed E-state index contributed by atoms with van der Waals surface area (Å²) in [6, 6.07) is 10.7. The lowest BCUT2D eigenvalue weighted by Gasteiger charge is -2.19. The second-order valence-electron chi connectivity index (χ2n) is 6.09. The largest absolute Gasteiger partial charge is 0.480 e. The number of amides is 1. The first kappa shape index (κ1) is 20.4. The maximum atomic E-state index is 12.6. The van der Waals surface area contributed by atoms with Crippen molar-refractivity contribution in [1.82, 2.24) is 0 Å². The van der Waals surface area contributed by atoms with Crippen molar-refractivity contribution >= 4 is 27.4 Å². The summed E-state index contributed by atoms with van der Waals surface area (Å²) in [6.45, 7) is 3.63. The number of hydrogen-bond donors (Lipinski definition) is 2. The molecule has 2 aromatic carbocycles. The third-order valence-corrected chi connectivity index (χ3v) is 4.97. The van der Waals surface area contributed by atoms with Gasteiger partial charge in [-0.05, 0) is 43.2 Å². The van der Waals surface area contributed by atoms with E-state index in [2.05, 4.69) is 5.32 Å². The summed E-state index contributed by atoms with van der Waals surface area (Å²) in [7, 11) is -3.64. The normalized spacial score (nSPS) is 12.3. The summed E-state index contributed by atoms with van der Waals surface area (Å²) in [5, 5.41) is 11.7. The van der Waals surface area contributed by atoms with Gasteiger partial charge in [0.25, 0.3) is 5.91 Å². The molecule has 0 aliphatic carbocycles. The number of nitrogens with one attached hydrogen (secondary N) is 1. The molecule has 0 aliphatic rings. The standard InChI is InChI=1S/C19H21NO6S/c1-4-16(26-17-8-6-5-7-12(17)2)18(21)20-14-9-13(19(22)23)10-15(11-14)27(3,24)25/h5-11,16H,4H2,1-3H3,(H,20,21)(H,22,23). The molecule has 0 saturated heterocycles. The minimum absolute atomic E-state index is 0.0761. The predicted octanol–water partition coefficient (Wildman–Crippen LogP) is 2.89. The number of aromatic carboxylic acids is 1. The van der Waals surface area contributed by atoms with Gasteiger partial charge in [-0.3, -0.25) is 4.79 Å². The first-order chi connectivity index (χ1) is 12.6. The number of anilines is 1. The lowest BCUT2D eigenvalue weighted by molar-refractivity contribution is -0.122. The van der Waals surface area contributed by atoms with Gasteiger partial charge in [0, 0.05) is 11.9 Å². The molecule has 0 radical (unpaired) electrons. The second kappa shape index (κ2) is 8.22. The number of ether oxygens (including phenoxy) is 1. The molecule has 0 fully saturated rings. The number of carboxylic acid groups (broad SMARTS) is 1. The zero-order valence-electron chi connectivity index (χ0n) is 15.2. The topological polar surface area (TPSA) is 110 Å². The van der Waals surface area contributed by atoms with Gasteiger partial charge in [0.05, 0.1) is 10.5 Å². The van der Waals surface area contributed by atoms with E-state index < -0.39 is 27.8 Å². The van der Waals surface area contributed by atoms with E-state index in [-0.39, 0.29) is 16.1 Å². The first-order valence-electron chi connectivity index (χ1n) is 8.23. The molecular formula is C19H21NO6S. The Bertz CT molecular complexity index is 968. The Labute approximate surface area is 157 Å². The summed E-state index contributed by atoms with van der Waals surface area (Å²) < 4.78 is 29.3. The Morgan fingerprint density at radius 3 is 2.41 bits per heavy atom. The van der Waals surface area contributed by atoms with Crippen molar-refractivity contribution in [3.63, 3.8) is 0 Å². The number of aryl methyl sites for hydroxylation is 1. The van der Waals surface area contributed by atoms with Gasteiger partial charge >= 0.3 is 5.97 Å². The van der Waals surface area contributed by atoms with Crippen LogP contribution in [-0.4, -0.2) is 37.8 Å². The SMILES string of the molecule is CCC(Oc1ccccc1C)C(=O)Nc1cc(C(=O)O)cc(S(C)(=O)=O)c1. The molecule has 0 heterocycles. The van der Waals surface area contributed by atoms with Crippen LogP contribution in [-0.2, 0) is 14.6 Å². The van der Waals surface area contributed by atoms with E-state index in [0.717, 1.165) is 17.9 Å². The number of rotatable bonds is 7. The average Bonchev–Trinajstić information content (AvgIpc) is 2.59. The van der Waals surface area contributed by atoms with Gasteiger partial charge in [0.1, 0.15) is 5.75 Å². The number of carbonyl (C=O) groups excluding carboxylic acids is 1. The van der Waals surface area contributed by atoms with E-state index in [1.165, 1.54) is 12.1 Å². The maximum Gasteiger partial charge on any atom is 0.335 e. The van der Waals surface area contributed by atoms with E-state index in [9.17, 15) is 23.1 Å². The monoisotopic (exact) mass is 391 g/mol. The van der Waals surface area contributed by atoms with Crippen molar-refractivity contribution in [3.05, 3.63) is 53.6 Å². The lowest BCUT2D eigenvalue weighted by Crippen LogP contribution is -2.32. The predicted molar refractivity (Wildman–Crippen MR) is 101 cm³/mol. The van der Waals surface area contributed by atoms with Crippen molar-refractivity contribution < 1.29 is 27.9 Å². The molecule has 1 atom stereocenters. The van der Waals surface area contributed by atoms with Crippen LogP contribution in [0.5, 0.6) is 5.75 Å². The van der Waals surface area contributed by atoms with Crippen LogP contribution in [0, 0.1) is 6.92 Å². The molecule has 0 aliphatic heterocycles. The van der Waals surface area contributed by atoms with Crippen molar-refractivity contribution in [2.45, 2.75) is 31.3 Å². The highest BCUT2D eigenvalue weighted by molar-refractivity contribution is 7.90. The minimum atomic E-state index is -3.64. The number of sulfone groups is 1. The van der Waals surface area contributed by atoms with Crippen molar-refractivity contribution in [2.75, 3.05) is 11.6 Å². The lowest BCUT2D eigenvalue weighted by atomic mass is 10.2. The van der Waals surface area contributed by atoms with Gasteiger partial charge in [-0.15, -0.1) is 0 Å². The Morgan fingerprint density at radius 1 is 1.19 bits per heavy atom. The van der Waals surface area contributed by atoms with Gasteiger partial charge in [0.2, 0.25) is 0 Å². The molecule has 1 amide bonds. The van der Waals surface area contributed by atoms with Crippen LogP contribution in [0.3, 0.4) is 0 Å². The number of carbonyl (C=O) groups is 2. The van der Waals surface area contributed by atoms with Crippen molar-refractivity contribution in [2.24, 2.45) is 0 Å². The fourth-order valence-corrected chi connectivity index (χ4v) is 3.08. The van der Waals surface area contributed by atoms with Crippen molar-refractivity contribution in [3.8, 4) is 5.75 Å². The molecule has 1 unspecified atom stereocenters. The summed E-state index contributed by atoms with van der Waals surface area (Å²) in [5.74, 6) is -1.22. The van der Waals surface area contributed by atoms with Gasteiger partial charge in [-0.1, -0.05) is 25.1 Å². The Kier molecular flexibility index (Phi) is 6.22. The Balaban J connectivity index is 2.28. The number of hydrogen-bond acceptors (Lipinski definition) is 5. The third-order valence-electron chi connectivity index (χ3n) is 3.88. The molecule has 0 aromatic heterocycles. The smallest absolute Gasteiger partial charge is 0.335 e. The molecule has 27 heavy (non-hydrogen) atoms. The van der Waals surface area contributed by atoms with E-state index in [1.54, 1.807) is 19.1 Å². The van der Waals surface area contributed by atoms with Crippen LogP contribution in [0.25, 0.3) is 0 Å². The van der Waals surface area contributed by atoms with E-state index in [0.29, 0.717) is 12.2 Å². The molecule has 7 nitrogen and oxygen atoms in total. The molecule has 144 valence electrons. The quantitative estimate of drug-likeness (QED) is 0.751. The fourth-order valence-electron chi connectivity index (χ4n) is 2.40. The van der Waals surface area contributed by atoms with Crippen LogP contribution in [0.15, 0.2) is 47.4 Å². The van der Waals surface area contributed by atoms with Crippen LogP contribution >= 0.6 is 0 Å².